The third-order valence-corrected chi connectivity index (χ3v) is 4.77. The first-order valence-electron chi connectivity index (χ1n) is 10.2. The molecule has 1 aliphatic heterocycles. The zero-order valence-corrected chi connectivity index (χ0v) is 16.6. The van der Waals surface area contributed by atoms with E-state index >= 15 is 0 Å². The van der Waals surface area contributed by atoms with E-state index < -0.39 is 0 Å². The molecule has 2 heterocycles. The van der Waals surface area contributed by atoms with E-state index in [0.717, 1.165) is 42.2 Å². The van der Waals surface area contributed by atoms with Crippen LogP contribution in [0.3, 0.4) is 0 Å². The van der Waals surface area contributed by atoms with Gasteiger partial charge in [0.25, 0.3) is 0 Å². The smallest absolute Gasteiger partial charge is 0.315 e. The number of benzene rings is 1. The van der Waals surface area contributed by atoms with E-state index in [1.54, 1.807) is 0 Å². The van der Waals surface area contributed by atoms with Crippen LogP contribution in [0.25, 0.3) is 0 Å². The number of hydrogen-bond donors (Lipinski definition) is 2. The lowest BCUT2D eigenvalue weighted by molar-refractivity contribution is 0.240. The summed E-state index contributed by atoms with van der Waals surface area (Å²) in [6, 6.07) is 11.6. The first kappa shape index (κ1) is 20.0. The van der Waals surface area contributed by atoms with Gasteiger partial charge in [-0.25, -0.2) is 9.78 Å². The fourth-order valence-corrected chi connectivity index (χ4v) is 3.26. The fraction of sp³-hybridized carbons (Fsp3) is 0.455. The second kappa shape index (κ2) is 10.5. The topological polar surface area (TPSA) is 66.5 Å². The van der Waals surface area contributed by atoms with Crippen molar-refractivity contribution in [1.82, 2.24) is 15.6 Å². The van der Waals surface area contributed by atoms with Crippen molar-refractivity contribution in [2.75, 3.05) is 24.6 Å². The van der Waals surface area contributed by atoms with Gasteiger partial charge in [0.15, 0.2) is 0 Å². The van der Waals surface area contributed by atoms with Crippen molar-refractivity contribution in [3.05, 3.63) is 53.7 Å². The molecule has 6 nitrogen and oxygen atoms in total. The average molecular weight is 383 g/mol. The zero-order valence-electron chi connectivity index (χ0n) is 16.6. The molecule has 2 N–H and O–H groups in total. The molecular formula is C22H30N4O2. The second-order valence-corrected chi connectivity index (χ2v) is 7.10. The van der Waals surface area contributed by atoms with Gasteiger partial charge < -0.3 is 20.3 Å². The second-order valence-electron chi connectivity index (χ2n) is 7.10. The summed E-state index contributed by atoms with van der Waals surface area (Å²) in [7, 11) is 0. The largest absolute Gasteiger partial charge is 0.494 e. The normalized spacial score (nSPS) is 13.8. The van der Waals surface area contributed by atoms with E-state index in [4.69, 9.17) is 4.74 Å². The van der Waals surface area contributed by atoms with E-state index in [0.29, 0.717) is 19.7 Å². The van der Waals surface area contributed by atoms with Gasteiger partial charge in [0, 0.05) is 32.4 Å². The molecule has 3 rings (SSSR count). The molecule has 0 spiro atoms. The molecule has 0 saturated carbocycles. The molecule has 28 heavy (non-hydrogen) atoms. The minimum atomic E-state index is -0.184. The zero-order chi connectivity index (χ0) is 19.6. The molecule has 1 aromatic heterocycles. The lowest BCUT2D eigenvalue weighted by Gasteiger charge is -2.27. The van der Waals surface area contributed by atoms with Gasteiger partial charge in [-0.05, 0) is 61.1 Å². The van der Waals surface area contributed by atoms with Crippen molar-refractivity contribution in [2.24, 2.45) is 0 Å². The van der Waals surface area contributed by atoms with Crippen LogP contribution in [0.5, 0.6) is 5.75 Å². The van der Waals surface area contributed by atoms with Gasteiger partial charge >= 0.3 is 6.03 Å². The van der Waals surface area contributed by atoms with E-state index in [1.165, 1.54) is 19.3 Å². The highest BCUT2D eigenvalue weighted by molar-refractivity contribution is 5.73. The molecule has 0 aliphatic carbocycles. The number of hydrogen-bond acceptors (Lipinski definition) is 4. The average Bonchev–Trinajstić information content (AvgIpc) is 2.76. The maximum Gasteiger partial charge on any atom is 0.315 e. The fourth-order valence-electron chi connectivity index (χ4n) is 3.26. The SMILES string of the molecule is CCCOc1cccc(CNC(=O)NCc2ccnc(N3CCCCC3)c2)c1. The Labute approximate surface area is 167 Å². The van der Waals surface area contributed by atoms with Crippen LogP contribution in [0.15, 0.2) is 42.6 Å². The number of rotatable bonds is 8. The minimum Gasteiger partial charge on any atom is -0.494 e. The number of carbonyl (C=O) groups excluding carboxylic acids is 1. The Morgan fingerprint density at radius 1 is 1.07 bits per heavy atom. The Bertz CT molecular complexity index is 760. The summed E-state index contributed by atoms with van der Waals surface area (Å²) in [5.41, 5.74) is 2.07. The van der Waals surface area contributed by atoms with Gasteiger partial charge in [0.05, 0.1) is 6.61 Å². The van der Waals surface area contributed by atoms with Crippen LogP contribution in [0.4, 0.5) is 10.6 Å². The lowest BCUT2D eigenvalue weighted by Crippen LogP contribution is -2.34. The van der Waals surface area contributed by atoms with Gasteiger partial charge in [0.2, 0.25) is 0 Å². The van der Waals surface area contributed by atoms with Gasteiger partial charge in [0.1, 0.15) is 11.6 Å². The van der Waals surface area contributed by atoms with E-state index in [1.807, 2.05) is 36.5 Å². The van der Waals surface area contributed by atoms with Crippen LogP contribution in [0, 0.1) is 0 Å². The number of aromatic nitrogens is 1. The molecule has 0 unspecified atom stereocenters. The summed E-state index contributed by atoms with van der Waals surface area (Å²) in [6.07, 6.45) is 6.53. The highest BCUT2D eigenvalue weighted by Gasteiger charge is 2.12. The molecule has 6 heteroatoms. The molecule has 0 atom stereocenters. The Morgan fingerprint density at radius 2 is 1.82 bits per heavy atom. The molecular weight excluding hydrogens is 352 g/mol. The van der Waals surface area contributed by atoms with Crippen LogP contribution in [0.1, 0.15) is 43.7 Å². The van der Waals surface area contributed by atoms with Crippen molar-refractivity contribution < 1.29 is 9.53 Å². The van der Waals surface area contributed by atoms with Crippen LogP contribution in [0.2, 0.25) is 0 Å². The molecule has 1 saturated heterocycles. The lowest BCUT2D eigenvalue weighted by atomic mass is 10.1. The predicted octanol–water partition coefficient (Wildman–Crippen LogP) is 3.86. The summed E-state index contributed by atoms with van der Waals surface area (Å²) < 4.78 is 5.63. The van der Waals surface area contributed by atoms with E-state index in [9.17, 15) is 4.79 Å². The van der Waals surface area contributed by atoms with Crippen molar-refractivity contribution in [2.45, 2.75) is 45.7 Å². The van der Waals surface area contributed by atoms with Crippen molar-refractivity contribution >= 4 is 11.8 Å². The van der Waals surface area contributed by atoms with E-state index in [2.05, 4.69) is 33.5 Å². The molecule has 2 amide bonds. The number of ether oxygens (including phenoxy) is 1. The number of piperidine rings is 1. The highest BCUT2D eigenvalue weighted by Crippen LogP contribution is 2.18. The molecule has 1 aromatic carbocycles. The van der Waals surface area contributed by atoms with E-state index in [-0.39, 0.29) is 6.03 Å². The monoisotopic (exact) mass is 382 g/mol. The molecule has 1 aliphatic rings. The Morgan fingerprint density at radius 3 is 2.57 bits per heavy atom. The molecule has 0 radical (unpaired) electrons. The van der Waals surface area contributed by atoms with Crippen LogP contribution >= 0.6 is 0 Å². The number of nitrogens with one attached hydrogen (secondary N) is 2. The number of carbonyl (C=O) groups is 1. The molecule has 0 bridgehead atoms. The minimum absolute atomic E-state index is 0.184. The first-order valence-corrected chi connectivity index (χ1v) is 10.2. The summed E-state index contributed by atoms with van der Waals surface area (Å²) >= 11 is 0. The van der Waals surface area contributed by atoms with Crippen molar-refractivity contribution in [3.63, 3.8) is 0 Å². The Kier molecular flexibility index (Phi) is 7.53. The highest BCUT2D eigenvalue weighted by atomic mass is 16.5. The van der Waals surface area contributed by atoms with Gasteiger partial charge in [-0.1, -0.05) is 19.1 Å². The van der Waals surface area contributed by atoms with Crippen LogP contribution < -0.4 is 20.3 Å². The first-order chi connectivity index (χ1) is 13.7. The van der Waals surface area contributed by atoms with Gasteiger partial charge in [-0.15, -0.1) is 0 Å². The number of amides is 2. The van der Waals surface area contributed by atoms with Crippen molar-refractivity contribution in [1.29, 1.82) is 0 Å². The standard InChI is InChI=1S/C22H30N4O2/c1-2-13-28-20-8-6-7-18(14-20)16-24-22(27)25-17-19-9-10-23-21(15-19)26-11-4-3-5-12-26/h6-10,14-15H,2-5,11-13,16-17H2,1H3,(H2,24,25,27). The summed E-state index contributed by atoms with van der Waals surface area (Å²) in [6.45, 7) is 5.84. The molecule has 150 valence electrons. The van der Waals surface area contributed by atoms with Gasteiger partial charge in [-0.2, -0.15) is 0 Å². The number of urea groups is 1. The Balaban J connectivity index is 1.45. The third kappa shape index (κ3) is 6.15. The summed E-state index contributed by atoms with van der Waals surface area (Å²) in [5, 5.41) is 5.82. The maximum absolute atomic E-state index is 12.2. The van der Waals surface area contributed by atoms with Crippen LogP contribution in [-0.2, 0) is 13.1 Å². The molecule has 2 aromatic rings. The third-order valence-electron chi connectivity index (χ3n) is 4.77. The summed E-state index contributed by atoms with van der Waals surface area (Å²) in [4.78, 5) is 19.0. The number of nitrogens with zero attached hydrogens (tertiary/aromatic N) is 2. The van der Waals surface area contributed by atoms with Crippen LogP contribution in [-0.4, -0.2) is 30.7 Å². The Hall–Kier alpha value is -2.76. The molecule has 1 fully saturated rings. The number of pyridine rings is 1. The maximum atomic E-state index is 12.2. The predicted molar refractivity (Wildman–Crippen MR) is 112 cm³/mol. The van der Waals surface area contributed by atoms with Crippen molar-refractivity contribution in [3.8, 4) is 5.75 Å². The summed E-state index contributed by atoms with van der Waals surface area (Å²) in [5.74, 6) is 1.84. The number of anilines is 1. The van der Waals surface area contributed by atoms with Gasteiger partial charge in [-0.3, -0.25) is 0 Å². The quantitative estimate of drug-likeness (QED) is 0.728.